The summed E-state index contributed by atoms with van der Waals surface area (Å²) in [4.78, 5) is 16.3. The smallest absolute Gasteiger partial charge is 0.319 e. The number of hydrogen-bond acceptors (Lipinski definition) is 4. The van der Waals surface area contributed by atoms with Gasteiger partial charge in [-0.1, -0.05) is 24.3 Å². The molecule has 0 saturated heterocycles. The zero-order valence-corrected chi connectivity index (χ0v) is 12.7. The predicted molar refractivity (Wildman–Crippen MR) is 83.2 cm³/mol. The second kappa shape index (κ2) is 6.28. The van der Waals surface area contributed by atoms with Gasteiger partial charge in [0.2, 0.25) is 0 Å². The molecule has 2 aromatic rings. The van der Waals surface area contributed by atoms with Gasteiger partial charge in [0.05, 0.1) is 6.61 Å². The molecular formula is C16H17NO3S. The third-order valence-corrected chi connectivity index (χ3v) is 4.37. The Morgan fingerprint density at radius 3 is 2.48 bits per heavy atom. The van der Waals surface area contributed by atoms with Crippen molar-refractivity contribution >= 4 is 17.7 Å². The molecule has 21 heavy (non-hydrogen) atoms. The molecule has 0 bridgehead atoms. The molecule has 1 aromatic carbocycles. The maximum Gasteiger partial charge on any atom is 0.319 e. The van der Waals surface area contributed by atoms with Gasteiger partial charge in [0.15, 0.2) is 0 Å². The van der Waals surface area contributed by atoms with Crippen LogP contribution in [-0.4, -0.2) is 25.9 Å². The fourth-order valence-electron chi connectivity index (χ4n) is 1.80. The van der Waals surface area contributed by atoms with E-state index in [1.54, 1.807) is 26.2 Å². The van der Waals surface area contributed by atoms with Gasteiger partial charge in [-0.05, 0) is 31.0 Å². The number of aromatic nitrogens is 1. The number of aliphatic hydroxyl groups is 1. The van der Waals surface area contributed by atoms with Gasteiger partial charge in [-0.3, -0.25) is 9.78 Å². The molecule has 0 spiro atoms. The number of aliphatic hydroxyl groups excluding tert-OH is 1. The Balaban J connectivity index is 2.38. The van der Waals surface area contributed by atoms with E-state index in [4.69, 9.17) is 5.11 Å². The second-order valence-corrected chi connectivity index (χ2v) is 6.81. The summed E-state index contributed by atoms with van der Waals surface area (Å²) in [5, 5.41) is 18.4. The third kappa shape index (κ3) is 3.62. The second-order valence-electron chi connectivity index (χ2n) is 5.14. The summed E-state index contributed by atoms with van der Waals surface area (Å²) in [6.45, 7) is 3.36. The van der Waals surface area contributed by atoms with E-state index in [2.05, 4.69) is 4.98 Å². The van der Waals surface area contributed by atoms with Crippen molar-refractivity contribution < 1.29 is 15.0 Å². The van der Waals surface area contributed by atoms with E-state index in [1.807, 2.05) is 30.3 Å². The molecular weight excluding hydrogens is 286 g/mol. The molecule has 0 aliphatic carbocycles. The van der Waals surface area contributed by atoms with Crippen LogP contribution in [0.5, 0.6) is 0 Å². The van der Waals surface area contributed by atoms with Crippen molar-refractivity contribution in [2.75, 3.05) is 0 Å². The van der Waals surface area contributed by atoms with Crippen LogP contribution in [-0.2, 0) is 11.4 Å². The van der Waals surface area contributed by atoms with Crippen LogP contribution in [0.3, 0.4) is 0 Å². The number of carboxylic acid groups (broad SMARTS) is 1. The standard InChI is InChI=1S/C16H17NO3S/c1-16(2,15(19)20)21-14-7-8-17-9-13(14)12-5-3-11(10-18)4-6-12/h3-9,18H,10H2,1-2H3,(H,19,20). The largest absolute Gasteiger partial charge is 0.480 e. The van der Waals surface area contributed by atoms with E-state index in [-0.39, 0.29) is 6.61 Å². The van der Waals surface area contributed by atoms with Gasteiger partial charge < -0.3 is 10.2 Å². The van der Waals surface area contributed by atoms with E-state index < -0.39 is 10.7 Å². The van der Waals surface area contributed by atoms with Crippen molar-refractivity contribution in [1.82, 2.24) is 4.98 Å². The Morgan fingerprint density at radius 2 is 1.90 bits per heavy atom. The molecule has 110 valence electrons. The quantitative estimate of drug-likeness (QED) is 0.830. The number of rotatable bonds is 5. The summed E-state index contributed by atoms with van der Waals surface area (Å²) in [5.41, 5.74) is 2.67. The Labute approximate surface area is 127 Å². The first kappa shape index (κ1) is 15.5. The zero-order chi connectivity index (χ0) is 15.5. The maximum atomic E-state index is 11.3. The molecule has 0 atom stereocenters. The molecule has 5 heteroatoms. The van der Waals surface area contributed by atoms with Crippen LogP contribution in [0.15, 0.2) is 47.6 Å². The van der Waals surface area contributed by atoms with E-state index in [9.17, 15) is 9.90 Å². The van der Waals surface area contributed by atoms with Crippen molar-refractivity contribution in [1.29, 1.82) is 0 Å². The number of nitrogens with zero attached hydrogens (tertiary/aromatic N) is 1. The van der Waals surface area contributed by atoms with Gasteiger partial charge >= 0.3 is 5.97 Å². The van der Waals surface area contributed by atoms with E-state index in [0.29, 0.717) is 0 Å². The van der Waals surface area contributed by atoms with Crippen LogP contribution in [0.2, 0.25) is 0 Å². The number of aliphatic carboxylic acids is 1. The molecule has 2 N–H and O–H groups in total. The lowest BCUT2D eigenvalue weighted by molar-refractivity contribution is -0.138. The number of carboxylic acids is 1. The molecule has 4 nitrogen and oxygen atoms in total. The normalized spacial score (nSPS) is 11.4. The highest BCUT2D eigenvalue weighted by Gasteiger charge is 2.29. The number of carbonyl (C=O) groups is 1. The molecule has 0 amide bonds. The number of pyridine rings is 1. The lowest BCUT2D eigenvalue weighted by Crippen LogP contribution is -2.27. The zero-order valence-electron chi connectivity index (χ0n) is 11.9. The van der Waals surface area contributed by atoms with Crippen LogP contribution in [0, 0.1) is 0 Å². The lowest BCUT2D eigenvalue weighted by atomic mass is 10.1. The highest BCUT2D eigenvalue weighted by molar-refractivity contribution is 8.01. The number of thioether (sulfide) groups is 1. The molecule has 0 aliphatic rings. The number of hydrogen-bond donors (Lipinski definition) is 2. The Bertz CT molecular complexity index is 638. The van der Waals surface area contributed by atoms with Crippen LogP contribution in [0.25, 0.3) is 11.1 Å². The molecule has 0 unspecified atom stereocenters. The SMILES string of the molecule is CC(C)(Sc1ccncc1-c1ccc(CO)cc1)C(=O)O. The Morgan fingerprint density at radius 1 is 1.24 bits per heavy atom. The van der Waals surface area contributed by atoms with Gasteiger partial charge in [0, 0.05) is 22.9 Å². The maximum absolute atomic E-state index is 11.3. The minimum atomic E-state index is -0.916. The number of benzene rings is 1. The van der Waals surface area contributed by atoms with Gasteiger partial charge in [0.25, 0.3) is 0 Å². The van der Waals surface area contributed by atoms with Crippen molar-refractivity contribution in [2.45, 2.75) is 30.1 Å². The van der Waals surface area contributed by atoms with E-state index in [1.165, 1.54) is 11.8 Å². The van der Waals surface area contributed by atoms with E-state index >= 15 is 0 Å². The summed E-state index contributed by atoms with van der Waals surface area (Å²) in [7, 11) is 0. The third-order valence-electron chi connectivity index (χ3n) is 3.11. The van der Waals surface area contributed by atoms with Crippen LogP contribution >= 0.6 is 11.8 Å². The molecule has 0 aliphatic heterocycles. The molecule has 0 fully saturated rings. The Kier molecular flexibility index (Phi) is 4.65. The van der Waals surface area contributed by atoms with E-state index in [0.717, 1.165) is 21.6 Å². The van der Waals surface area contributed by atoms with Gasteiger partial charge in [-0.25, -0.2) is 0 Å². The molecule has 0 saturated carbocycles. The highest BCUT2D eigenvalue weighted by Crippen LogP contribution is 2.38. The van der Waals surface area contributed by atoms with Gasteiger partial charge in [-0.15, -0.1) is 11.8 Å². The van der Waals surface area contributed by atoms with Crippen molar-refractivity contribution in [3.63, 3.8) is 0 Å². The average Bonchev–Trinajstić information content (AvgIpc) is 2.47. The monoisotopic (exact) mass is 303 g/mol. The summed E-state index contributed by atoms with van der Waals surface area (Å²) < 4.78 is -0.916. The molecule has 0 radical (unpaired) electrons. The summed E-state index contributed by atoms with van der Waals surface area (Å²) >= 11 is 1.30. The first-order valence-corrected chi connectivity index (χ1v) is 7.32. The summed E-state index contributed by atoms with van der Waals surface area (Å²) in [5.74, 6) is -0.856. The fourth-order valence-corrected chi connectivity index (χ4v) is 2.84. The molecule has 1 heterocycles. The van der Waals surface area contributed by atoms with Gasteiger partial charge in [-0.2, -0.15) is 0 Å². The minimum absolute atomic E-state index is 0.000964. The average molecular weight is 303 g/mol. The van der Waals surface area contributed by atoms with Crippen molar-refractivity contribution in [3.05, 3.63) is 48.3 Å². The van der Waals surface area contributed by atoms with Crippen LogP contribution in [0.4, 0.5) is 0 Å². The lowest BCUT2D eigenvalue weighted by Gasteiger charge is -2.20. The fraction of sp³-hybridized carbons (Fsp3) is 0.250. The molecule has 2 rings (SSSR count). The Hall–Kier alpha value is -1.85. The minimum Gasteiger partial charge on any atom is -0.480 e. The van der Waals surface area contributed by atoms with Gasteiger partial charge in [0.1, 0.15) is 4.75 Å². The topological polar surface area (TPSA) is 70.4 Å². The highest BCUT2D eigenvalue weighted by atomic mass is 32.2. The van der Waals surface area contributed by atoms with Crippen molar-refractivity contribution in [3.8, 4) is 11.1 Å². The molecule has 1 aromatic heterocycles. The first-order chi connectivity index (χ1) is 9.94. The summed E-state index contributed by atoms with van der Waals surface area (Å²) in [6.07, 6.45) is 3.39. The van der Waals surface area contributed by atoms with Crippen molar-refractivity contribution in [2.24, 2.45) is 0 Å². The first-order valence-electron chi connectivity index (χ1n) is 6.50. The van der Waals surface area contributed by atoms with Crippen LogP contribution in [0.1, 0.15) is 19.4 Å². The summed E-state index contributed by atoms with van der Waals surface area (Å²) in [6, 6.07) is 9.32. The predicted octanol–water partition coefficient (Wildman–Crippen LogP) is 3.20. The van der Waals surface area contributed by atoms with Crippen LogP contribution < -0.4 is 0 Å².